The van der Waals surface area contributed by atoms with Crippen molar-refractivity contribution >= 4 is 0 Å². The van der Waals surface area contributed by atoms with Crippen LogP contribution in [0.3, 0.4) is 0 Å². The maximum Gasteiger partial charge on any atom is 0.125 e. The molecular formula is C16H26O3. The lowest BCUT2D eigenvalue weighted by atomic mass is 10.0. The summed E-state index contributed by atoms with van der Waals surface area (Å²) in [6, 6.07) is 7.57. The van der Waals surface area contributed by atoms with E-state index < -0.39 is 0 Å². The Labute approximate surface area is 116 Å². The molecule has 0 radical (unpaired) electrons. The number of benzene rings is 1. The number of rotatable bonds is 6. The maximum atomic E-state index is 9.29. The van der Waals surface area contributed by atoms with Gasteiger partial charge in [0.05, 0.1) is 18.8 Å². The van der Waals surface area contributed by atoms with Crippen LogP contribution in [0.4, 0.5) is 0 Å². The summed E-state index contributed by atoms with van der Waals surface area (Å²) in [6.07, 6.45) is 0.796. The van der Waals surface area contributed by atoms with Gasteiger partial charge in [0, 0.05) is 12.0 Å². The van der Waals surface area contributed by atoms with Crippen molar-refractivity contribution in [1.29, 1.82) is 0 Å². The fraction of sp³-hybridized carbons (Fsp3) is 0.625. The van der Waals surface area contributed by atoms with E-state index >= 15 is 0 Å². The first-order valence-corrected chi connectivity index (χ1v) is 6.75. The SMILES string of the molecule is CC(C)(C)OCCC(C)(C)Oc1ccccc1CO. The average Bonchev–Trinajstić information content (AvgIpc) is 2.27. The zero-order valence-electron chi connectivity index (χ0n) is 12.7. The molecule has 0 aromatic heterocycles. The Balaban J connectivity index is 2.58. The van der Waals surface area contributed by atoms with E-state index in [1.165, 1.54) is 0 Å². The van der Waals surface area contributed by atoms with E-state index in [1.807, 2.05) is 58.9 Å². The minimum atomic E-state index is -0.323. The number of para-hydroxylation sites is 1. The van der Waals surface area contributed by atoms with E-state index in [0.29, 0.717) is 6.61 Å². The van der Waals surface area contributed by atoms with E-state index in [1.54, 1.807) is 0 Å². The summed E-state index contributed by atoms with van der Waals surface area (Å²) in [6.45, 7) is 10.8. The van der Waals surface area contributed by atoms with Gasteiger partial charge in [-0.15, -0.1) is 0 Å². The lowest BCUT2D eigenvalue weighted by molar-refractivity contribution is -0.0295. The molecule has 1 N–H and O–H groups in total. The number of aliphatic hydroxyl groups is 1. The number of hydrogen-bond acceptors (Lipinski definition) is 3. The first kappa shape index (κ1) is 16.0. The zero-order chi connectivity index (χ0) is 14.5. The largest absolute Gasteiger partial charge is 0.487 e. The Morgan fingerprint density at radius 2 is 1.68 bits per heavy atom. The van der Waals surface area contributed by atoms with Crippen molar-refractivity contribution in [2.45, 2.75) is 58.8 Å². The van der Waals surface area contributed by atoms with Crippen molar-refractivity contribution in [2.24, 2.45) is 0 Å². The molecule has 0 saturated carbocycles. The second kappa shape index (κ2) is 6.40. The molecule has 0 saturated heterocycles. The molecule has 1 aromatic rings. The molecule has 0 aliphatic carbocycles. The molecule has 0 atom stereocenters. The Kier molecular flexibility index (Phi) is 5.39. The third kappa shape index (κ3) is 6.08. The summed E-state index contributed by atoms with van der Waals surface area (Å²) in [5, 5.41) is 9.29. The van der Waals surface area contributed by atoms with Crippen LogP contribution in [-0.2, 0) is 11.3 Å². The van der Waals surface area contributed by atoms with Crippen LogP contribution in [0, 0.1) is 0 Å². The topological polar surface area (TPSA) is 38.7 Å². The second-order valence-electron chi connectivity index (χ2n) is 6.34. The van der Waals surface area contributed by atoms with E-state index in [2.05, 4.69) is 0 Å². The maximum absolute atomic E-state index is 9.29. The molecule has 0 fully saturated rings. The van der Waals surface area contributed by atoms with Crippen LogP contribution < -0.4 is 4.74 Å². The van der Waals surface area contributed by atoms with E-state index in [4.69, 9.17) is 9.47 Å². The number of ether oxygens (including phenoxy) is 2. The molecular weight excluding hydrogens is 240 g/mol. The molecule has 0 spiro atoms. The summed E-state index contributed by atoms with van der Waals surface area (Å²) in [7, 11) is 0. The lowest BCUT2D eigenvalue weighted by Gasteiger charge is -2.29. The highest BCUT2D eigenvalue weighted by atomic mass is 16.5. The van der Waals surface area contributed by atoms with Gasteiger partial charge in [-0.25, -0.2) is 0 Å². The minimum absolute atomic E-state index is 0.00918. The zero-order valence-corrected chi connectivity index (χ0v) is 12.7. The van der Waals surface area contributed by atoms with Crippen molar-refractivity contribution in [3.63, 3.8) is 0 Å². The number of aliphatic hydroxyl groups excluding tert-OH is 1. The van der Waals surface area contributed by atoms with Crippen LogP contribution in [0.25, 0.3) is 0 Å². The number of hydrogen-bond donors (Lipinski definition) is 1. The van der Waals surface area contributed by atoms with Crippen LogP contribution in [0.2, 0.25) is 0 Å². The Bertz CT molecular complexity index is 391. The molecule has 1 rings (SSSR count). The van der Waals surface area contributed by atoms with Gasteiger partial charge >= 0.3 is 0 Å². The second-order valence-corrected chi connectivity index (χ2v) is 6.34. The van der Waals surface area contributed by atoms with Crippen LogP contribution in [0.15, 0.2) is 24.3 Å². The first-order chi connectivity index (χ1) is 8.73. The van der Waals surface area contributed by atoms with Gasteiger partial charge in [-0.05, 0) is 40.7 Å². The van der Waals surface area contributed by atoms with Gasteiger partial charge in [-0.1, -0.05) is 18.2 Å². The van der Waals surface area contributed by atoms with Crippen molar-refractivity contribution < 1.29 is 14.6 Å². The summed E-state index contributed by atoms with van der Waals surface area (Å²) in [4.78, 5) is 0. The molecule has 0 aliphatic rings. The Morgan fingerprint density at radius 1 is 1.05 bits per heavy atom. The van der Waals surface area contributed by atoms with Gasteiger partial charge in [-0.2, -0.15) is 0 Å². The van der Waals surface area contributed by atoms with Crippen molar-refractivity contribution in [2.75, 3.05) is 6.61 Å². The highest BCUT2D eigenvalue weighted by Crippen LogP contribution is 2.25. The van der Waals surface area contributed by atoms with Crippen LogP contribution in [0.1, 0.15) is 46.6 Å². The lowest BCUT2D eigenvalue weighted by Crippen LogP contribution is -2.32. The van der Waals surface area contributed by atoms with E-state index in [0.717, 1.165) is 17.7 Å². The molecule has 0 heterocycles. The van der Waals surface area contributed by atoms with Gasteiger partial charge in [0.25, 0.3) is 0 Å². The molecule has 0 bridgehead atoms. The average molecular weight is 266 g/mol. The summed E-state index contributed by atoms with van der Waals surface area (Å²) < 4.78 is 11.7. The van der Waals surface area contributed by atoms with Crippen molar-refractivity contribution in [3.05, 3.63) is 29.8 Å². The molecule has 3 nitrogen and oxygen atoms in total. The monoisotopic (exact) mass is 266 g/mol. The summed E-state index contributed by atoms with van der Waals surface area (Å²) in [5.74, 6) is 0.741. The smallest absolute Gasteiger partial charge is 0.125 e. The van der Waals surface area contributed by atoms with E-state index in [9.17, 15) is 5.11 Å². The predicted molar refractivity (Wildman–Crippen MR) is 77.4 cm³/mol. The molecule has 108 valence electrons. The van der Waals surface area contributed by atoms with Crippen LogP contribution in [0.5, 0.6) is 5.75 Å². The fourth-order valence-electron chi connectivity index (χ4n) is 1.69. The van der Waals surface area contributed by atoms with E-state index in [-0.39, 0.29) is 17.8 Å². The molecule has 0 amide bonds. The fourth-order valence-corrected chi connectivity index (χ4v) is 1.69. The third-order valence-corrected chi connectivity index (χ3v) is 2.77. The Morgan fingerprint density at radius 3 is 2.26 bits per heavy atom. The molecule has 1 aromatic carbocycles. The van der Waals surface area contributed by atoms with Gasteiger partial charge in [0.1, 0.15) is 11.4 Å². The van der Waals surface area contributed by atoms with Crippen molar-refractivity contribution in [1.82, 2.24) is 0 Å². The third-order valence-electron chi connectivity index (χ3n) is 2.77. The molecule has 3 heteroatoms. The normalized spacial score (nSPS) is 12.5. The summed E-state index contributed by atoms with van der Waals surface area (Å²) >= 11 is 0. The van der Waals surface area contributed by atoms with Gasteiger partial charge in [-0.3, -0.25) is 0 Å². The van der Waals surface area contributed by atoms with Crippen molar-refractivity contribution in [3.8, 4) is 5.75 Å². The highest BCUT2D eigenvalue weighted by molar-refractivity contribution is 5.33. The first-order valence-electron chi connectivity index (χ1n) is 6.75. The van der Waals surface area contributed by atoms with Gasteiger partial charge in [0.15, 0.2) is 0 Å². The molecule has 0 unspecified atom stereocenters. The summed E-state index contributed by atoms with van der Waals surface area (Å²) in [5.41, 5.74) is 0.364. The highest BCUT2D eigenvalue weighted by Gasteiger charge is 2.22. The van der Waals surface area contributed by atoms with Crippen LogP contribution >= 0.6 is 0 Å². The predicted octanol–water partition coefficient (Wildman–Crippen LogP) is 3.54. The standard InChI is InChI=1S/C16H26O3/c1-15(2,3)18-11-10-16(4,5)19-14-9-7-6-8-13(14)12-17/h6-9,17H,10-12H2,1-5H3. The minimum Gasteiger partial charge on any atom is -0.487 e. The quantitative estimate of drug-likeness (QED) is 0.856. The van der Waals surface area contributed by atoms with Gasteiger partial charge < -0.3 is 14.6 Å². The van der Waals surface area contributed by atoms with Gasteiger partial charge in [0.2, 0.25) is 0 Å². The molecule has 0 aliphatic heterocycles. The Hall–Kier alpha value is -1.06. The molecule has 19 heavy (non-hydrogen) atoms. The van der Waals surface area contributed by atoms with Crippen LogP contribution in [-0.4, -0.2) is 22.9 Å².